The largest absolute Gasteiger partial charge is 0.343 e. The number of pyridine rings is 1. The first-order chi connectivity index (χ1) is 21.2. The van der Waals surface area contributed by atoms with Gasteiger partial charge < -0.3 is 19.6 Å². The molecule has 4 heterocycles. The summed E-state index contributed by atoms with van der Waals surface area (Å²) in [6, 6.07) is 15.8. The summed E-state index contributed by atoms with van der Waals surface area (Å²) in [4.78, 5) is 52.0. The molecule has 0 radical (unpaired) electrons. The van der Waals surface area contributed by atoms with Gasteiger partial charge in [0.1, 0.15) is 0 Å². The van der Waals surface area contributed by atoms with Gasteiger partial charge in [0.05, 0.1) is 16.8 Å². The van der Waals surface area contributed by atoms with Crippen molar-refractivity contribution >= 4 is 45.9 Å². The lowest BCUT2D eigenvalue weighted by molar-refractivity contribution is -0.133. The molecule has 44 heavy (non-hydrogen) atoms. The number of amides is 3. The Labute approximate surface area is 264 Å². The van der Waals surface area contributed by atoms with Gasteiger partial charge in [0, 0.05) is 74.8 Å². The van der Waals surface area contributed by atoms with Crippen molar-refractivity contribution in [3.05, 3.63) is 70.4 Å². The average Bonchev–Trinajstić information content (AvgIpc) is 3.59. The van der Waals surface area contributed by atoms with E-state index >= 15 is 0 Å². The van der Waals surface area contributed by atoms with Crippen LogP contribution in [-0.4, -0.2) is 89.8 Å². The summed E-state index contributed by atoms with van der Waals surface area (Å²) < 4.78 is 0. The molecule has 8 nitrogen and oxygen atoms in total. The van der Waals surface area contributed by atoms with Crippen molar-refractivity contribution in [1.29, 1.82) is 0 Å². The number of halogens is 1. The smallest absolute Gasteiger partial charge is 0.255 e. The Bertz CT molecular complexity index is 1560. The lowest BCUT2D eigenvalue weighted by Gasteiger charge is -2.34. The normalized spacial score (nSPS) is 20.7. The Morgan fingerprint density at radius 3 is 2.32 bits per heavy atom. The van der Waals surface area contributed by atoms with Crippen LogP contribution in [0.15, 0.2) is 48.5 Å². The molecule has 3 aliphatic heterocycles. The number of aryl methyl sites for hydroxylation is 2. The van der Waals surface area contributed by atoms with Crippen LogP contribution in [0.2, 0.25) is 5.02 Å². The number of para-hydroxylation sites is 1. The van der Waals surface area contributed by atoms with Crippen molar-refractivity contribution in [2.75, 3.05) is 57.3 Å². The number of piperidine rings is 1. The number of carbonyl (C=O) groups excluding carboxylic acids is 3. The first-order valence-corrected chi connectivity index (χ1v) is 16.3. The number of nitrogens with zero attached hydrogens (tertiary/aromatic N) is 5. The summed E-state index contributed by atoms with van der Waals surface area (Å²) in [6.07, 6.45) is 2.23. The van der Waals surface area contributed by atoms with Crippen LogP contribution in [0.3, 0.4) is 0 Å². The summed E-state index contributed by atoms with van der Waals surface area (Å²) in [6.45, 7) is 11.7. The van der Waals surface area contributed by atoms with E-state index in [2.05, 4.69) is 9.88 Å². The second-order valence-corrected chi connectivity index (χ2v) is 13.3. The Morgan fingerprint density at radius 2 is 1.64 bits per heavy atom. The monoisotopic (exact) mass is 615 g/mol. The van der Waals surface area contributed by atoms with Crippen molar-refractivity contribution in [3.8, 4) is 0 Å². The van der Waals surface area contributed by atoms with Gasteiger partial charge in [-0.3, -0.25) is 19.4 Å². The third kappa shape index (κ3) is 6.33. The van der Waals surface area contributed by atoms with Crippen LogP contribution in [0, 0.1) is 31.6 Å². The van der Waals surface area contributed by atoms with Gasteiger partial charge in [0.2, 0.25) is 11.8 Å². The number of fused-ring (bicyclic) bond motifs is 2. The van der Waals surface area contributed by atoms with Gasteiger partial charge in [-0.25, -0.2) is 0 Å². The van der Waals surface area contributed by atoms with Crippen LogP contribution < -0.4 is 4.90 Å². The van der Waals surface area contributed by atoms with E-state index in [9.17, 15) is 14.4 Å². The molecule has 3 fully saturated rings. The fourth-order valence-electron chi connectivity index (χ4n) is 7.27. The molecular weight excluding hydrogens is 574 g/mol. The number of anilines is 1. The molecule has 3 aliphatic rings. The summed E-state index contributed by atoms with van der Waals surface area (Å²) in [5, 5.41) is 1.65. The molecule has 0 bridgehead atoms. The van der Waals surface area contributed by atoms with Crippen LogP contribution in [0.1, 0.15) is 47.8 Å². The molecule has 1 aromatic heterocycles. The van der Waals surface area contributed by atoms with Crippen LogP contribution in [0.4, 0.5) is 5.69 Å². The number of rotatable bonds is 7. The molecule has 0 saturated carbocycles. The molecule has 3 amide bonds. The summed E-state index contributed by atoms with van der Waals surface area (Å²) >= 11 is 6.48. The minimum atomic E-state index is -0.0956. The fourth-order valence-corrected chi connectivity index (χ4v) is 7.44. The van der Waals surface area contributed by atoms with Crippen LogP contribution in [-0.2, 0) is 9.59 Å². The number of hydrogen-bond donors (Lipinski definition) is 0. The molecule has 3 saturated heterocycles. The average molecular weight is 616 g/mol. The molecular formula is C35H42ClN5O3. The SMILES string of the molecule is CC(=O)N1CCC(C(=O)N(CCCN2CC3CN(C(=O)c4cc5ccccc5nc4C)CC3C2)c2ccc(C)c(Cl)c2)CC1. The molecule has 0 spiro atoms. The molecule has 2 atom stereocenters. The van der Waals surface area contributed by atoms with E-state index in [1.54, 1.807) is 6.92 Å². The Kier molecular flexibility index (Phi) is 8.92. The minimum Gasteiger partial charge on any atom is -0.343 e. The first-order valence-electron chi connectivity index (χ1n) is 15.9. The van der Waals surface area contributed by atoms with Crippen molar-refractivity contribution in [2.24, 2.45) is 17.8 Å². The molecule has 9 heteroatoms. The highest BCUT2D eigenvalue weighted by Gasteiger charge is 2.42. The van der Waals surface area contributed by atoms with Gasteiger partial charge in [-0.05, 0) is 81.3 Å². The highest BCUT2D eigenvalue weighted by molar-refractivity contribution is 6.31. The number of benzene rings is 2. The van der Waals surface area contributed by atoms with E-state index in [-0.39, 0.29) is 23.6 Å². The third-order valence-corrected chi connectivity index (χ3v) is 10.3. The second kappa shape index (κ2) is 12.9. The van der Waals surface area contributed by atoms with Gasteiger partial charge in [-0.15, -0.1) is 0 Å². The standard InChI is InChI=1S/C35H42ClN5O3/c1-23-9-10-30(18-32(23)36)41(34(43)26-11-15-39(16-12-26)25(3)42)14-6-13-38-19-28-21-40(22-29(28)20-38)35(44)31-17-27-7-4-5-8-33(27)37-24(31)2/h4-5,7-10,17-18,26,28-29H,6,11-16,19-22H2,1-3H3. The highest BCUT2D eigenvalue weighted by Crippen LogP contribution is 2.33. The molecule has 2 aromatic carbocycles. The Hall–Kier alpha value is -3.49. The maximum atomic E-state index is 13.8. The van der Waals surface area contributed by atoms with Gasteiger partial charge >= 0.3 is 0 Å². The molecule has 2 unspecified atom stereocenters. The van der Waals surface area contributed by atoms with Crippen molar-refractivity contribution < 1.29 is 14.4 Å². The van der Waals surface area contributed by atoms with Crippen LogP contribution in [0.25, 0.3) is 10.9 Å². The molecule has 0 N–H and O–H groups in total. The highest BCUT2D eigenvalue weighted by atomic mass is 35.5. The van der Waals surface area contributed by atoms with E-state index in [4.69, 9.17) is 11.6 Å². The van der Waals surface area contributed by atoms with Crippen molar-refractivity contribution in [1.82, 2.24) is 19.7 Å². The summed E-state index contributed by atoms with van der Waals surface area (Å²) in [5.41, 5.74) is 4.23. The second-order valence-electron chi connectivity index (χ2n) is 12.9. The Balaban J connectivity index is 1.05. The molecule has 232 valence electrons. The zero-order chi connectivity index (χ0) is 31.0. The Morgan fingerprint density at radius 1 is 0.932 bits per heavy atom. The van der Waals surface area contributed by atoms with Crippen molar-refractivity contribution in [3.63, 3.8) is 0 Å². The molecule has 0 aliphatic carbocycles. The molecule has 3 aromatic rings. The fraction of sp³-hybridized carbons (Fsp3) is 0.486. The minimum absolute atomic E-state index is 0.0711. The maximum Gasteiger partial charge on any atom is 0.255 e. The topological polar surface area (TPSA) is 77.1 Å². The van der Waals surface area contributed by atoms with E-state index in [1.165, 1.54) is 0 Å². The predicted octanol–water partition coefficient (Wildman–Crippen LogP) is 5.19. The number of likely N-dealkylation sites (tertiary alicyclic amines) is 3. The zero-order valence-corrected chi connectivity index (χ0v) is 26.7. The van der Waals surface area contributed by atoms with Gasteiger partial charge in [-0.1, -0.05) is 35.9 Å². The maximum absolute atomic E-state index is 13.8. The first kappa shape index (κ1) is 30.5. The van der Waals surface area contributed by atoms with E-state index in [0.717, 1.165) is 67.0 Å². The molecule has 6 rings (SSSR count). The lowest BCUT2D eigenvalue weighted by atomic mass is 9.94. The number of carbonyl (C=O) groups is 3. The van der Waals surface area contributed by atoms with Gasteiger partial charge in [0.15, 0.2) is 0 Å². The number of hydrogen-bond acceptors (Lipinski definition) is 5. The summed E-state index contributed by atoms with van der Waals surface area (Å²) in [5.74, 6) is 1.12. The van der Waals surface area contributed by atoms with E-state index in [0.29, 0.717) is 54.9 Å². The quantitative estimate of drug-likeness (QED) is 0.366. The van der Waals surface area contributed by atoms with Crippen molar-refractivity contribution in [2.45, 2.75) is 40.0 Å². The van der Waals surface area contributed by atoms with E-state index in [1.807, 2.05) is 77.1 Å². The van der Waals surface area contributed by atoms with E-state index < -0.39 is 0 Å². The third-order valence-electron chi connectivity index (χ3n) is 9.87. The van der Waals surface area contributed by atoms with Crippen LogP contribution >= 0.6 is 11.6 Å². The zero-order valence-electron chi connectivity index (χ0n) is 26.0. The number of aromatic nitrogens is 1. The van der Waals surface area contributed by atoms with Gasteiger partial charge in [0.25, 0.3) is 5.91 Å². The van der Waals surface area contributed by atoms with Crippen LogP contribution in [0.5, 0.6) is 0 Å². The lowest BCUT2D eigenvalue weighted by Crippen LogP contribution is -2.44. The summed E-state index contributed by atoms with van der Waals surface area (Å²) in [7, 11) is 0. The van der Waals surface area contributed by atoms with Gasteiger partial charge in [-0.2, -0.15) is 0 Å². The predicted molar refractivity (Wildman–Crippen MR) is 174 cm³/mol.